The molecule has 2 aliphatic heterocycles. The predicted molar refractivity (Wildman–Crippen MR) is 110 cm³/mol. The highest BCUT2D eigenvalue weighted by Crippen LogP contribution is 2.48. The largest absolute Gasteiger partial charge is 0.300 e. The molecule has 5 nitrogen and oxygen atoms in total. The summed E-state index contributed by atoms with van der Waals surface area (Å²) in [5, 5.41) is 0. The topological polar surface area (TPSA) is 61.4 Å². The molecule has 2 aliphatic carbocycles. The van der Waals surface area contributed by atoms with Gasteiger partial charge in [0.1, 0.15) is 0 Å². The summed E-state index contributed by atoms with van der Waals surface area (Å²) in [5.74, 6) is 2.17. The number of hydrogen-bond donors (Lipinski definition) is 2. The normalized spacial score (nSPS) is 39.5. The van der Waals surface area contributed by atoms with Gasteiger partial charge in [-0.2, -0.15) is 0 Å². The Bertz CT molecular complexity index is 566. The van der Waals surface area contributed by atoms with Gasteiger partial charge in [0.05, 0.1) is 5.92 Å². The second-order valence-electron chi connectivity index (χ2n) is 10.2. The van der Waals surface area contributed by atoms with E-state index in [-0.39, 0.29) is 23.7 Å². The molecular weight excluding hydrogens is 350 g/mol. The average Bonchev–Trinajstić information content (AvgIpc) is 2.95. The first-order valence-corrected chi connectivity index (χ1v) is 11.9. The number of hydrogen-bond acceptors (Lipinski definition) is 3. The van der Waals surface area contributed by atoms with Crippen molar-refractivity contribution in [2.75, 3.05) is 7.05 Å². The van der Waals surface area contributed by atoms with Gasteiger partial charge in [0.15, 0.2) is 0 Å². The van der Waals surface area contributed by atoms with Crippen LogP contribution in [0.15, 0.2) is 0 Å². The summed E-state index contributed by atoms with van der Waals surface area (Å²) >= 11 is 0. The van der Waals surface area contributed by atoms with Crippen LogP contribution in [0.2, 0.25) is 0 Å². The first-order chi connectivity index (χ1) is 13.5. The molecule has 2 unspecified atom stereocenters. The van der Waals surface area contributed by atoms with Crippen LogP contribution in [0.5, 0.6) is 0 Å². The van der Waals surface area contributed by atoms with E-state index in [9.17, 15) is 9.59 Å². The maximum absolute atomic E-state index is 13.3. The lowest BCUT2D eigenvalue weighted by Gasteiger charge is -2.46. The van der Waals surface area contributed by atoms with E-state index >= 15 is 0 Å². The Morgan fingerprint density at radius 2 is 1.50 bits per heavy atom. The first-order valence-electron chi connectivity index (χ1n) is 11.9. The third kappa shape index (κ3) is 4.10. The Balaban J connectivity index is 1.41. The summed E-state index contributed by atoms with van der Waals surface area (Å²) in [4.78, 5) is 28.2. The second kappa shape index (κ2) is 8.73. The standard InChI is InChI=1S/C23H39N3O2/c1-15-8-10-16(11-9-15)19-14-18-12-13-20(26(18)2)21(19)23(28)25-24-22(27)17-6-4-3-5-7-17/h15-21H,3-14H2,1-2H3,(H,24,27)(H,25,28)/t15?,16?,18-,19-,20?,21?/m1/s1. The van der Waals surface area contributed by atoms with E-state index in [1.807, 2.05) is 0 Å². The lowest BCUT2D eigenvalue weighted by Crippen LogP contribution is -2.57. The molecule has 2 heterocycles. The van der Waals surface area contributed by atoms with E-state index in [1.54, 1.807) is 0 Å². The lowest BCUT2D eigenvalue weighted by atomic mass is 9.67. The van der Waals surface area contributed by atoms with E-state index in [0.29, 0.717) is 23.9 Å². The molecule has 0 spiro atoms. The van der Waals surface area contributed by atoms with Gasteiger partial charge in [0.25, 0.3) is 0 Å². The van der Waals surface area contributed by atoms with Gasteiger partial charge in [-0.25, -0.2) is 0 Å². The fourth-order valence-electron chi connectivity index (χ4n) is 6.75. The van der Waals surface area contributed by atoms with Crippen molar-refractivity contribution in [1.29, 1.82) is 0 Å². The molecule has 2 saturated heterocycles. The van der Waals surface area contributed by atoms with Crippen LogP contribution in [0.25, 0.3) is 0 Å². The summed E-state index contributed by atoms with van der Waals surface area (Å²) in [6, 6.07) is 0.991. The Morgan fingerprint density at radius 3 is 2.21 bits per heavy atom. The Labute approximate surface area is 170 Å². The van der Waals surface area contributed by atoms with E-state index in [2.05, 4.69) is 29.7 Å². The molecule has 5 heteroatoms. The number of nitrogens with zero attached hydrogens (tertiary/aromatic N) is 1. The molecule has 4 atom stereocenters. The van der Waals surface area contributed by atoms with Gasteiger partial charge in [-0.3, -0.25) is 25.3 Å². The van der Waals surface area contributed by atoms with Crippen LogP contribution in [-0.2, 0) is 9.59 Å². The van der Waals surface area contributed by atoms with Crippen molar-refractivity contribution in [2.24, 2.45) is 29.6 Å². The molecule has 0 aromatic carbocycles. The molecule has 2 amide bonds. The highest BCUT2D eigenvalue weighted by molar-refractivity contribution is 5.85. The Hall–Kier alpha value is -1.10. The van der Waals surface area contributed by atoms with Gasteiger partial charge in [0, 0.05) is 18.0 Å². The van der Waals surface area contributed by atoms with Crippen LogP contribution in [0, 0.1) is 29.6 Å². The predicted octanol–water partition coefficient (Wildman–Crippen LogP) is 3.64. The summed E-state index contributed by atoms with van der Waals surface area (Å²) in [7, 11) is 2.20. The summed E-state index contributed by atoms with van der Waals surface area (Å²) in [5.41, 5.74) is 5.66. The molecule has 2 saturated carbocycles. The number of carbonyl (C=O) groups is 2. The van der Waals surface area contributed by atoms with Crippen LogP contribution in [0.3, 0.4) is 0 Å². The van der Waals surface area contributed by atoms with E-state index < -0.39 is 0 Å². The fourth-order valence-corrected chi connectivity index (χ4v) is 6.75. The zero-order valence-electron chi connectivity index (χ0n) is 17.8. The minimum absolute atomic E-state index is 0.0181. The number of rotatable bonds is 3. The second-order valence-corrected chi connectivity index (χ2v) is 10.2. The minimum Gasteiger partial charge on any atom is -0.300 e. The molecular formula is C23H39N3O2. The Morgan fingerprint density at radius 1 is 0.821 bits per heavy atom. The number of carbonyl (C=O) groups excluding carboxylic acids is 2. The third-order valence-electron chi connectivity index (χ3n) is 8.57. The van der Waals surface area contributed by atoms with Crippen molar-refractivity contribution in [1.82, 2.24) is 15.8 Å². The van der Waals surface area contributed by atoms with E-state index in [0.717, 1.165) is 44.4 Å². The minimum atomic E-state index is 0.0181. The summed E-state index contributed by atoms with van der Waals surface area (Å²) < 4.78 is 0. The van der Waals surface area contributed by atoms with Crippen molar-refractivity contribution >= 4 is 11.8 Å². The van der Waals surface area contributed by atoms with Gasteiger partial charge in [0.2, 0.25) is 11.8 Å². The number of fused-ring (bicyclic) bond motifs is 2. The highest BCUT2D eigenvalue weighted by Gasteiger charge is 2.50. The average molecular weight is 390 g/mol. The third-order valence-corrected chi connectivity index (χ3v) is 8.57. The van der Waals surface area contributed by atoms with Crippen molar-refractivity contribution < 1.29 is 9.59 Å². The van der Waals surface area contributed by atoms with Crippen molar-refractivity contribution in [2.45, 2.75) is 96.1 Å². The smallest absolute Gasteiger partial charge is 0.243 e. The van der Waals surface area contributed by atoms with E-state index in [4.69, 9.17) is 0 Å². The van der Waals surface area contributed by atoms with Crippen molar-refractivity contribution in [3.05, 3.63) is 0 Å². The highest BCUT2D eigenvalue weighted by atomic mass is 16.2. The molecule has 158 valence electrons. The monoisotopic (exact) mass is 389 g/mol. The quantitative estimate of drug-likeness (QED) is 0.725. The van der Waals surface area contributed by atoms with Crippen molar-refractivity contribution in [3.63, 3.8) is 0 Å². The fraction of sp³-hybridized carbons (Fsp3) is 0.913. The van der Waals surface area contributed by atoms with Crippen LogP contribution < -0.4 is 10.9 Å². The molecule has 0 aromatic heterocycles. The van der Waals surface area contributed by atoms with Gasteiger partial charge in [-0.1, -0.05) is 39.0 Å². The number of nitrogens with one attached hydrogen (secondary N) is 2. The lowest BCUT2D eigenvalue weighted by molar-refractivity contribution is -0.138. The maximum Gasteiger partial charge on any atom is 0.243 e. The maximum atomic E-state index is 13.3. The number of amides is 2. The van der Waals surface area contributed by atoms with Gasteiger partial charge >= 0.3 is 0 Å². The molecule has 4 rings (SSSR count). The zero-order valence-corrected chi connectivity index (χ0v) is 17.8. The van der Waals surface area contributed by atoms with Crippen LogP contribution >= 0.6 is 0 Å². The molecule has 2 N–H and O–H groups in total. The summed E-state index contributed by atoms with van der Waals surface area (Å²) in [6.07, 6.45) is 14.1. The summed E-state index contributed by atoms with van der Waals surface area (Å²) in [6.45, 7) is 2.36. The molecule has 2 bridgehead atoms. The molecule has 0 aromatic rings. The zero-order chi connectivity index (χ0) is 19.7. The van der Waals surface area contributed by atoms with Gasteiger partial charge < -0.3 is 0 Å². The number of hydrazine groups is 1. The Kier molecular flexibility index (Phi) is 6.29. The van der Waals surface area contributed by atoms with E-state index in [1.165, 1.54) is 38.5 Å². The van der Waals surface area contributed by atoms with Crippen LogP contribution in [0.4, 0.5) is 0 Å². The first kappa shape index (κ1) is 20.2. The molecule has 4 fully saturated rings. The van der Waals surface area contributed by atoms with Crippen LogP contribution in [-0.4, -0.2) is 35.8 Å². The van der Waals surface area contributed by atoms with Crippen molar-refractivity contribution in [3.8, 4) is 0 Å². The van der Waals surface area contributed by atoms with Gasteiger partial charge in [-0.15, -0.1) is 0 Å². The van der Waals surface area contributed by atoms with Crippen LogP contribution in [0.1, 0.15) is 84.0 Å². The van der Waals surface area contributed by atoms with Gasteiger partial charge in [-0.05, 0) is 69.7 Å². The SMILES string of the molecule is CC1CCC([C@H]2C[C@H]3CCC(C2C(=O)NNC(=O)C2CCCCC2)N3C)CC1. The molecule has 0 radical (unpaired) electrons. The molecule has 28 heavy (non-hydrogen) atoms. The number of piperidine rings is 1. The molecule has 4 aliphatic rings.